The van der Waals surface area contributed by atoms with Crippen LogP contribution in [0.1, 0.15) is 31.9 Å². The Balaban J connectivity index is 3.09. The summed E-state index contributed by atoms with van der Waals surface area (Å²) in [5.41, 5.74) is 5.23. The molecule has 0 aliphatic heterocycles. The number of alkyl halides is 3. The molecule has 5 heteroatoms. The SMILES string of the molecule is CC(C)(C)Nc1ccc(C(F)(F)F)c(CN)c1. The molecule has 0 aliphatic rings. The summed E-state index contributed by atoms with van der Waals surface area (Å²) < 4.78 is 37.9. The number of halogens is 3. The minimum Gasteiger partial charge on any atom is -0.380 e. The summed E-state index contributed by atoms with van der Waals surface area (Å²) >= 11 is 0. The molecule has 0 fully saturated rings. The van der Waals surface area contributed by atoms with E-state index in [4.69, 9.17) is 5.73 Å². The van der Waals surface area contributed by atoms with E-state index in [1.807, 2.05) is 20.8 Å². The van der Waals surface area contributed by atoms with Gasteiger partial charge in [0, 0.05) is 17.8 Å². The van der Waals surface area contributed by atoms with Gasteiger partial charge in [-0.1, -0.05) is 0 Å². The molecule has 0 spiro atoms. The molecule has 96 valence electrons. The van der Waals surface area contributed by atoms with Crippen LogP contribution in [-0.2, 0) is 12.7 Å². The molecule has 0 aliphatic carbocycles. The fourth-order valence-electron chi connectivity index (χ4n) is 1.55. The molecule has 0 heterocycles. The van der Waals surface area contributed by atoms with Crippen molar-refractivity contribution < 1.29 is 13.2 Å². The quantitative estimate of drug-likeness (QED) is 0.839. The van der Waals surface area contributed by atoms with Crippen molar-refractivity contribution in [2.45, 2.75) is 39.0 Å². The van der Waals surface area contributed by atoms with Crippen LogP contribution in [0.4, 0.5) is 18.9 Å². The molecule has 0 saturated heterocycles. The van der Waals surface area contributed by atoms with Gasteiger partial charge in [0.05, 0.1) is 5.56 Å². The highest BCUT2D eigenvalue weighted by Crippen LogP contribution is 2.33. The molecule has 17 heavy (non-hydrogen) atoms. The van der Waals surface area contributed by atoms with Crippen molar-refractivity contribution in [3.8, 4) is 0 Å². The molecular formula is C12H17F3N2. The Hall–Kier alpha value is -1.23. The van der Waals surface area contributed by atoms with E-state index in [9.17, 15) is 13.2 Å². The van der Waals surface area contributed by atoms with E-state index in [0.717, 1.165) is 6.07 Å². The van der Waals surface area contributed by atoms with Gasteiger partial charge in [-0.2, -0.15) is 13.2 Å². The molecule has 0 saturated carbocycles. The Labute approximate surface area is 99.0 Å². The van der Waals surface area contributed by atoms with Gasteiger partial charge >= 0.3 is 6.18 Å². The number of anilines is 1. The van der Waals surface area contributed by atoms with Crippen LogP contribution in [0.3, 0.4) is 0 Å². The van der Waals surface area contributed by atoms with E-state index >= 15 is 0 Å². The molecule has 1 rings (SSSR count). The highest BCUT2D eigenvalue weighted by molar-refractivity contribution is 5.50. The lowest BCUT2D eigenvalue weighted by Gasteiger charge is -2.23. The number of benzene rings is 1. The lowest BCUT2D eigenvalue weighted by atomic mass is 10.0. The van der Waals surface area contributed by atoms with Gasteiger partial charge in [-0.25, -0.2) is 0 Å². The highest BCUT2D eigenvalue weighted by atomic mass is 19.4. The van der Waals surface area contributed by atoms with Gasteiger partial charge in [0.25, 0.3) is 0 Å². The predicted molar refractivity (Wildman–Crippen MR) is 62.7 cm³/mol. The van der Waals surface area contributed by atoms with Crippen LogP contribution in [0.15, 0.2) is 18.2 Å². The second kappa shape index (κ2) is 4.56. The van der Waals surface area contributed by atoms with Crippen molar-refractivity contribution in [2.24, 2.45) is 5.73 Å². The Morgan fingerprint density at radius 2 is 1.76 bits per heavy atom. The molecule has 0 unspecified atom stereocenters. The Bertz CT molecular complexity index is 392. The summed E-state index contributed by atoms with van der Waals surface area (Å²) in [5, 5.41) is 3.11. The van der Waals surface area contributed by atoms with E-state index in [1.165, 1.54) is 12.1 Å². The third kappa shape index (κ3) is 3.93. The van der Waals surface area contributed by atoms with E-state index in [2.05, 4.69) is 5.32 Å². The highest BCUT2D eigenvalue weighted by Gasteiger charge is 2.32. The van der Waals surface area contributed by atoms with Crippen molar-refractivity contribution in [2.75, 3.05) is 5.32 Å². The van der Waals surface area contributed by atoms with Crippen LogP contribution in [0.5, 0.6) is 0 Å². The van der Waals surface area contributed by atoms with E-state index < -0.39 is 11.7 Å². The van der Waals surface area contributed by atoms with Crippen LogP contribution in [0.25, 0.3) is 0 Å². The summed E-state index contributed by atoms with van der Waals surface area (Å²) in [5.74, 6) is 0. The summed E-state index contributed by atoms with van der Waals surface area (Å²) in [6, 6.07) is 3.94. The molecule has 0 radical (unpaired) electrons. The maximum absolute atomic E-state index is 12.6. The Kier molecular flexibility index (Phi) is 3.71. The first-order chi connectivity index (χ1) is 7.63. The van der Waals surface area contributed by atoms with Crippen LogP contribution in [-0.4, -0.2) is 5.54 Å². The van der Waals surface area contributed by atoms with Crippen molar-refractivity contribution in [3.63, 3.8) is 0 Å². The van der Waals surface area contributed by atoms with Crippen LogP contribution >= 0.6 is 0 Å². The molecule has 0 amide bonds. The molecule has 1 aromatic rings. The van der Waals surface area contributed by atoms with E-state index in [-0.39, 0.29) is 17.6 Å². The summed E-state index contributed by atoms with van der Waals surface area (Å²) in [7, 11) is 0. The molecule has 2 nitrogen and oxygen atoms in total. The topological polar surface area (TPSA) is 38.0 Å². The van der Waals surface area contributed by atoms with Gasteiger partial charge in [-0.05, 0) is 44.5 Å². The maximum Gasteiger partial charge on any atom is 0.416 e. The summed E-state index contributed by atoms with van der Waals surface area (Å²) in [6.45, 7) is 5.68. The zero-order chi connectivity index (χ0) is 13.3. The average Bonchev–Trinajstić information content (AvgIpc) is 2.13. The lowest BCUT2D eigenvalue weighted by Crippen LogP contribution is -2.26. The number of nitrogens with one attached hydrogen (secondary N) is 1. The first-order valence-electron chi connectivity index (χ1n) is 5.32. The predicted octanol–water partition coefficient (Wildman–Crippen LogP) is 3.37. The third-order valence-electron chi connectivity index (χ3n) is 2.15. The fourth-order valence-corrected chi connectivity index (χ4v) is 1.55. The number of hydrogen-bond donors (Lipinski definition) is 2. The maximum atomic E-state index is 12.6. The van der Waals surface area contributed by atoms with E-state index in [0.29, 0.717) is 5.69 Å². The van der Waals surface area contributed by atoms with Crippen LogP contribution < -0.4 is 11.1 Å². The second-order valence-corrected chi connectivity index (χ2v) is 4.95. The zero-order valence-corrected chi connectivity index (χ0v) is 10.2. The van der Waals surface area contributed by atoms with Gasteiger partial charge in [0.15, 0.2) is 0 Å². The first-order valence-corrected chi connectivity index (χ1v) is 5.32. The smallest absolute Gasteiger partial charge is 0.380 e. The average molecular weight is 246 g/mol. The normalized spacial score (nSPS) is 12.6. The van der Waals surface area contributed by atoms with Crippen LogP contribution in [0.2, 0.25) is 0 Å². The fraction of sp³-hybridized carbons (Fsp3) is 0.500. The first kappa shape index (κ1) is 13.8. The molecule has 0 aromatic heterocycles. The van der Waals surface area contributed by atoms with Crippen molar-refractivity contribution in [1.29, 1.82) is 0 Å². The summed E-state index contributed by atoms with van der Waals surface area (Å²) in [6.07, 6.45) is -4.35. The van der Waals surface area contributed by atoms with Crippen molar-refractivity contribution >= 4 is 5.69 Å². The van der Waals surface area contributed by atoms with Gasteiger partial charge in [0.2, 0.25) is 0 Å². The third-order valence-corrected chi connectivity index (χ3v) is 2.15. The summed E-state index contributed by atoms with van der Waals surface area (Å²) in [4.78, 5) is 0. The standard InChI is InChI=1S/C12H17F3N2/c1-11(2,3)17-9-4-5-10(12(13,14)15)8(6-9)7-16/h4-6,17H,7,16H2,1-3H3. The van der Waals surface area contributed by atoms with E-state index in [1.54, 1.807) is 0 Å². The molecular weight excluding hydrogens is 229 g/mol. The van der Waals surface area contributed by atoms with Gasteiger partial charge < -0.3 is 11.1 Å². The molecule has 1 aromatic carbocycles. The molecule has 3 N–H and O–H groups in total. The van der Waals surface area contributed by atoms with Crippen molar-refractivity contribution in [3.05, 3.63) is 29.3 Å². The number of nitrogens with two attached hydrogens (primary N) is 1. The number of rotatable bonds is 2. The number of hydrogen-bond acceptors (Lipinski definition) is 2. The van der Waals surface area contributed by atoms with Gasteiger partial charge in [-0.15, -0.1) is 0 Å². The minimum atomic E-state index is -4.35. The van der Waals surface area contributed by atoms with Crippen LogP contribution in [0, 0.1) is 0 Å². The second-order valence-electron chi connectivity index (χ2n) is 4.95. The lowest BCUT2D eigenvalue weighted by molar-refractivity contribution is -0.138. The molecule has 0 atom stereocenters. The monoisotopic (exact) mass is 246 g/mol. The van der Waals surface area contributed by atoms with Gasteiger partial charge in [0.1, 0.15) is 0 Å². The Morgan fingerprint density at radius 1 is 1.18 bits per heavy atom. The van der Waals surface area contributed by atoms with Crippen molar-refractivity contribution in [1.82, 2.24) is 0 Å². The largest absolute Gasteiger partial charge is 0.416 e. The minimum absolute atomic E-state index is 0.103. The zero-order valence-electron chi connectivity index (χ0n) is 10.2. The molecule has 0 bridgehead atoms. The Morgan fingerprint density at radius 3 is 2.18 bits per heavy atom. The van der Waals surface area contributed by atoms with Gasteiger partial charge in [-0.3, -0.25) is 0 Å².